The molecule has 1 atom stereocenters. The molecule has 0 heterocycles. The van der Waals surface area contributed by atoms with Crippen LogP contribution in [0.2, 0.25) is 0 Å². The minimum atomic E-state index is -0.692. The van der Waals surface area contributed by atoms with Gasteiger partial charge in [0.1, 0.15) is 0 Å². The van der Waals surface area contributed by atoms with Crippen LogP contribution in [0.5, 0.6) is 0 Å². The minimum absolute atomic E-state index is 0.282. The van der Waals surface area contributed by atoms with Crippen LogP contribution in [-0.2, 0) is 4.79 Å². The largest absolute Gasteiger partial charge is 0.481 e. The van der Waals surface area contributed by atoms with Crippen LogP contribution in [0, 0.1) is 5.92 Å². The highest BCUT2D eigenvalue weighted by Gasteiger charge is 2.19. The Labute approximate surface area is 92.3 Å². The van der Waals surface area contributed by atoms with Gasteiger partial charge in [0.05, 0.1) is 0 Å². The molecule has 0 aromatic carbocycles. The fourth-order valence-electron chi connectivity index (χ4n) is 2.37. The van der Waals surface area contributed by atoms with Gasteiger partial charge in [0, 0.05) is 12.5 Å². The molecule has 0 aliphatic heterocycles. The Morgan fingerprint density at radius 1 is 1.40 bits per heavy atom. The van der Waals surface area contributed by atoms with Crippen molar-refractivity contribution in [3.05, 3.63) is 0 Å². The lowest BCUT2D eigenvalue weighted by atomic mass is 9.84. The van der Waals surface area contributed by atoms with Crippen LogP contribution in [0.1, 0.15) is 51.9 Å². The third-order valence-electron chi connectivity index (χ3n) is 3.39. The minimum Gasteiger partial charge on any atom is -0.481 e. The van der Waals surface area contributed by atoms with E-state index in [1.165, 1.54) is 32.1 Å². The SMILES string of the molecule is C[C@@H](NCCCC(=O)O)C1CCCCC1. The second-order valence-electron chi connectivity index (χ2n) is 4.64. The lowest BCUT2D eigenvalue weighted by Crippen LogP contribution is -2.35. The van der Waals surface area contributed by atoms with E-state index in [4.69, 9.17) is 5.11 Å². The highest BCUT2D eigenvalue weighted by molar-refractivity contribution is 5.66. The first-order valence-electron chi connectivity index (χ1n) is 6.15. The van der Waals surface area contributed by atoms with Gasteiger partial charge >= 0.3 is 5.97 Å². The average Bonchev–Trinajstić information content (AvgIpc) is 2.25. The molecule has 0 aromatic heterocycles. The van der Waals surface area contributed by atoms with Crippen molar-refractivity contribution in [1.82, 2.24) is 5.32 Å². The Hall–Kier alpha value is -0.570. The Morgan fingerprint density at radius 2 is 2.07 bits per heavy atom. The molecule has 1 rings (SSSR count). The molecule has 0 aromatic rings. The van der Waals surface area contributed by atoms with E-state index in [2.05, 4.69) is 12.2 Å². The van der Waals surface area contributed by atoms with E-state index >= 15 is 0 Å². The van der Waals surface area contributed by atoms with Crippen LogP contribution in [0.3, 0.4) is 0 Å². The zero-order chi connectivity index (χ0) is 11.1. The predicted octanol–water partition coefficient (Wildman–Crippen LogP) is 2.41. The molecular formula is C12H23NO2. The Morgan fingerprint density at radius 3 is 2.67 bits per heavy atom. The summed E-state index contributed by atoms with van der Waals surface area (Å²) < 4.78 is 0. The molecule has 1 saturated carbocycles. The number of aliphatic carboxylic acids is 1. The first kappa shape index (κ1) is 12.5. The summed E-state index contributed by atoms with van der Waals surface area (Å²) in [5, 5.41) is 11.9. The number of rotatable bonds is 6. The summed E-state index contributed by atoms with van der Waals surface area (Å²) in [6.07, 6.45) is 7.83. The first-order valence-corrected chi connectivity index (χ1v) is 6.15. The van der Waals surface area contributed by atoms with Crippen LogP contribution in [-0.4, -0.2) is 23.7 Å². The molecular weight excluding hydrogens is 190 g/mol. The van der Waals surface area contributed by atoms with Gasteiger partial charge in [0.2, 0.25) is 0 Å². The second-order valence-corrected chi connectivity index (χ2v) is 4.64. The monoisotopic (exact) mass is 213 g/mol. The van der Waals surface area contributed by atoms with E-state index in [-0.39, 0.29) is 6.42 Å². The molecule has 1 aliphatic rings. The van der Waals surface area contributed by atoms with Crippen LogP contribution in [0.15, 0.2) is 0 Å². The van der Waals surface area contributed by atoms with E-state index in [1.54, 1.807) is 0 Å². The standard InChI is InChI=1S/C12H23NO2/c1-10(11-6-3-2-4-7-11)13-9-5-8-12(14)15/h10-11,13H,2-9H2,1H3,(H,14,15)/t10-/m1/s1. The van der Waals surface area contributed by atoms with Gasteiger partial charge < -0.3 is 10.4 Å². The summed E-state index contributed by atoms with van der Waals surface area (Å²) in [6.45, 7) is 3.07. The highest BCUT2D eigenvalue weighted by atomic mass is 16.4. The molecule has 0 saturated heterocycles. The maximum Gasteiger partial charge on any atom is 0.303 e. The normalized spacial score (nSPS) is 20.1. The lowest BCUT2D eigenvalue weighted by molar-refractivity contribution is -0.137. The molecule has 0 unspecified atom stereocenters. The zero-order valence-corrected chi connectivity index (χ0v) is 9.67. The quantitative estimate of drug-likeness (QED) is 0.666. The number of carboxylic acids is 1. The second kappa shape index (κ2) is 6.83. The molecule has 0 amide bonds. The maximum atomic E-state index is 10.3. The first-order chi connectivity index (χ1) is 7.20. The fraction of sp³-hybridized carbons (Fsp3) is 0.917. The van der Waals surface area contributed by atoms with Crippen molar-refractivity contribution in [2.45, 2.75) is 57.9 Å². The van der Waals surface area contributed by atoms with Crippen molar-refractivity contribution in [3.8, 4) is 0 Å². The summed E-state index contributed by atoms with van der Waals surface area (Å²) in [5.41, 5.74) is 0. The Balaban J connectivity index is 2.06. The molecule has 0 bridgehead atoms. The molecule has 2 N–H and O–H groups in total. The number of nitrogens with one attached hydrogen (secondary N) is 1. The Bertz CT molecular complexity index is 188. The molecule has 3 nitrogen and oxygen atoms in total. The van der Waals surface area contributed by atoms with E-state index < -0.39 is 5.97 Å². The topological polar surface area (TPSA) is 49.3 Å². The van der Waals surface area contributed by atoms with Crippen molar-refractivity contribution in [2.75, 3.05) is 6.54 Å². The summed E-state index contributed by atoms with van der Waals surface area (Å²) in [6, 6.07) is 0.555. The summed E-state index contributed by atoms with van der Waals surface area (Å²) >= 11 is 0. The summed E-state index contributed by atoms with van der Waals surface area (Å²) in [4.78, 5) is 10.3. The highest BCUT2D eigenvalue weighted by Crippen LogP contribution is 2.26. The summed E-state index contributed by atoms with van der Waals surface area (Å²) in [5.74, 6) is 0.116. The van der Waals surface area contributed by atoms with Crippen molar-refractivity contribution >= 4 is 5.97 Å². The van der Waals surface area contributed by atoms with Crippen LogP contribution in [0.4, 0.5) is 0 Å². The third-order valence-corrected chi connectivity index (χ3v) is 3.39. The zero-order valence-electron chi connectivity index (χ0n) is 9.67. The number of hydrogen-bond acceptors (Lipinski definition) is 2. The number of hydrogen-bond donors (Lipinski definition) is 2. The predicted molar refractivity (Wildman–Crippen MR) is 60.9 cm³/mol. The fourth-order valence-corrected chi connectivity index (χ4v) is 2.37. The van der Waals surface area contributed by atoms with Crippen molar-refractivity contribution in [3.63, 3.8) is 0 Å². The van der Waals surface area contributed by atoms with Gasteiger partial charge in [-0.1, -0.05) is 19.3 Å². The lowest BCUT2D eigenvalue weighted by Gasteiger charge is -2.28. The van der Waals surface area contributed by atoms with E-state index in [0.717, 1.165) is 18.9 Å². The smallest absolute Gasteiger partial charge is 0.303 e. The van der Waals surface area contributed by atoms with Gasteiger partial charge in [-0.2, -0.15) is 0 Å². The maximum absolute atomic E-state index is 10.3. The molecule has 1 fully saturated rings. The molecule has 15 heavy (non-hydrogen) atoms. The average molecular weight is 213 g/mol. The number of carbonyl (C=O) groups is 1. The van der Waals surface area contributed by atoms with Gasteiger partial charge in [0.15, 0.2) is 0 Å². The van der Waals surface area contributed by atoms with Crippen LogP contribution >= 0.6 is 0 Å². The van der Waals surface area contributed by atoms with Gasteiger partial charge in [0.25, 0.3) is 0 Å². The van der Waals surface area contributed by atoms with Crippen LogP contribution < -0.4 is 5.32 Å². The van der Waals surface area contributed by atoms with Gasteiger partial charge in [-0.25, -0.2) is 0 Å². The van der Waals surface area contributed by atoms with Gasteiger partial charge in [-0.3, -0.25) is 4.79 Å². The molecule has 3 heteroatoms. The molecule has 0 spiro atoms. The molecule has 88 valence electrons. The summed E-state index contributed by atoms with van der Waals surface area (Å²) in [7, 11) is 0. The van der Waals surface area contributed by atoms with Gasteiger partial charge in [-0.15, -0.1) is 0 Å². The molecule has 1 aliphatic carbocycles. The Kier molecular flexibility index (Phi) is 5.69. The van der Waals surface area contributed by atoms with Crippen LogP contribution in [0.25, 0.3) is 0 Å². The van der Waals surface area contributed by atoms with E-state index in [9.17, 15) is 4.79 Å². The molecule has 0 radical (unpaired) electrons. The number of carboxylic acid groups (broad SMARTS) is 1. The third kappa shape index (κ3) is 5.17. The van der Waals surface area contributed by atoms with E-state index in [1.807, 2.05) is 0 Å². The van der Waals surface area contributed by atoms with Crippen molar-refractivity contribution in [1.29, 1.82) is 0 Å². The van der Waals surface area contributed by atoms with Crippen molar-refractivity contribution in [2.24, 2.45) is 5.92 Å². The van der Waals surface area contributed by atoms with E-state index in [0.29, 0.717) is 6.04 Å². The van der Waals surface area contributed by atoms with Crippen molar-refractivity contribution < 1.29 is 9.90 Å². The van der Waals surface area contributed by atoms with Gasteiger partial charge in [-0.05, 0) is 38.6 Å².